The number of imide groups is 1. The van der Waals surface area contributed by atoms with Crippen molar-refractivity contribution >= 4 is 23.2 Å². The highest BCUT2D eigenvalue weighted by Gasteiger charge is 2.35. The van der Waals surface area contributed by atoms with Crippen molar-refractivity contribution < 1.29 is 9.59 Å². The Kier molecular flexibility index (Phi) is 4.85. The molecule has 6 nitrogen and oxygen atoms in total. The third-order valence-corrected chi connectivity index (χ3v) is 6.09. The molecule has 26 heavy (non-hydrogen) atoms. The quantitative estimate of drug-likeness (QED) is 0.803. The molecular weight excluding hydrogens is 328 g/mol. The van der Waals surface area contributed by atoms with Gasteiger partial charge < -0.3 is 15.1 Å². The Hall–Kier alpha value is -2.08. The maximum absolute atomic E-state index is 12.4. The molecule has 6 heteroatoms. The maximum atomic E-state index is 12.4. The van der Waals surface area contributed by atoms with E-state index < -0.39 is 0 Å². The van der Waals surface area contributed by atoms with Crippen LogP contribution in [0.5, 0.6) is 0 Å². The number of nitrogens with zero attached hydrogens (tertiary/aromatic N) is 2. The van der Waals surface area contributed by atoms with Crippen molar-refractivity contribution in [3.05, 3.63) is 23.8 Å². The third kappa shape index (κ3) is 3.18. The second-order valence-corrected chi connectivity index (χ2v) is 7.59. The van der Waals surface area contributed by atoms with Crippen LogP contribution in [0.15, 0.2) is 18.2 Å². The zero-order chi connectivity index (χ0) is 18.1. The van der Waals surface area contributed by atoms with Crippen LogP contribution < -0.4 is 20.4 Å². The minimum absolute atomic E-state index is 0.144. The Morgan fingerprint density at radius 1 is 1.04 bits per heavy atom. The van der Waals surface area contributed by atoms with Crippen LogP contribution in [-0.4, -0.2) is 50.6 Å². The number of hydrogen-bond acceptors (Lipinski definition) is 5. The lowest BCUT2D eigenvalue weighted by atomic mass is 9.94. The second-order valence-electron chi connectivity index (χ2n) is 7.59. The van der Waals surface area contributed by atoms with Gasteiger partial charge in [0.2, 0.25) is 11.8 Å². The second kappa shape index (κ2) is 7.27. The normalized spacial score (nSPS) is 24.4. The van der Waals surface area contributed by atoms with Crippen LogP contribution >= 0.6 is 0 Å². The molecular formula is C20H28N4O2. The Morgan fingerprint density at radius 2 is 1.81 bits per heavy atom. The summed E-state index contributed by atoms with van der Waals surface area (Å²) in [4.78, 5) is 28.6. The molecule has 2 amide bonds. The fourth-order valence-electron chi connectivity index (χ4n) is 4.64. The van der Waals surface area contributed by atoms with Gasteiger partial charge >= 0.3 is 0 Å². The fraction of sp³-hybridized carbons (Fsp3) is 0.600. The number of anilines is 2. The van der Waals surface area contributed by atoms with Gasteiger partial charge in [0.25, 0.3) is 0 Å². The summed E-state index contributed by atoms with van der Waals surface area (Å²) in [6, 6.07) is 6.87. The fourth-order valence-corrected chi connectivity index (χ4v) is 4.64. The predicted molar refractivity (Wildman–Crippen MR) is 103 cm³/mol. The molecule has 3 heterocycles. The number of carbonyl (C=O) groups excluding carboxylic acids is 2. The minimum Gasteiger partial charge on any atom is -0.371 e. The average Bonchev–Trinajstić information content (AvgIpc) is 2.67. The van der Waals surface area contributed by atoms with Crippen molar-refractivity contribution in [1.29, 1.82) is 0 Å². The molecule has 2 fully saturated rings. The largest absolute Gasteiger partial charge is 0.371 e. The summed E-state index contributed by atoms with van der Waals surface area (Å²) in [7, 11) is 2.04. The maximum Gasteiger partial charge on any atom is 0.249 e. The van der Waals surface area contributed by atoms with Crippen LogP contribution in [-0.2, 0) is 16.0 Å². The standard InChI is InChI=1S/C20H28N4O2/c1-21-14-9-12-23(13-10-14)16-5-2-6-17-15(16)4-3-11-24(17)18-7-8-19(25)22-20(18)26/h2,5-6,14,18,21H,3-4,7-13H2,1H3,(H,22,25,26). The molecule has 0 bridgehead atoms. The van der Waals surface area contributed by atoms with Crippen LogP contribution in [0.1, 0.15) is 37.7 Å². The Morgan fingerprint density at radius 3 is 2.54 bits per heavy atom. The van der Waals surface area contributed by atoms with E-state index in [0.29, 0.717) is 18.9 Å². The lowest BCUT2D eigenvalue weighted by Gasteiger charge is -2.41. The zero-order valence-electron chi connectivity index (χ0n) is 15.5. The van der Waals surface area contributed by atoms with E-state index in [1.165, 1.54) is 16.9 Å². The number of nitrogens with one attached hydrogen (secondary N) is 2. The molecule has 0 spiro atoms. The zero-order valence-corrected chi connectivity index (χ0v) is 15.5. The van der Waals surface area contributed by atoms with Gasteiger partial charge in [-0.1, -0.05) is 6.07 Å². The first kappa shape index (κ1) is 17.3. The van der Waals surface area contributed by atoms with Gasteiger partial charge in [-0.25, -0.2) is 0 Å². The Balaban J connectivity index is 1.59. The van der Waals surface area contributed by atoms with E-state index in [1.54, 1.807) is 0 Å². The topological polar surface area (TPSA) is 64.7 Å². The first-order valence-electron chi connectivity index (χ1n) is 9.82. The molecule has 0 radical (unpaired) electrons. The van der Waals surface area contributed by atoms with E-state index in [4.69, 9.17) is 0 Å². The SMILES string of the molecule is CNC1CCN(c2cccc3c2CCCN3C2CCC(=O)NC2=O)CC1. The van der Waals surface area contributed by atoms with E-state index >= 15 is 0 Å². The van der Waals surface area contributed by atoms with E-state index in [1.807, 2.05) is 7.05 Å². The van der Waals surface area contributed by atoms with E-state index in [0.717, 1.165) is 45.3 Å². The molecule has 2 saturated heterocycles. The van der Waals surface area contributed by atoms with Crippen molar-refractivity contribution in [2.45, 2.75) is 50.6 Å². The molecule has 0 aliphatic carbocycles. The van der Waals surface area contributed by atoms with Crippen molar-refractivity contribution in [3.8, 4) is 0 Å². The molecule has 0 aromatic heterocycles. The van der Waals surface area contributed by atoms with Gasteiger partial charge in [0.1, 0.15) is 6.04 Å². The Bertz CT molecular complexity index is 697. The van der Waals surface area contributed by atoms with Crippen molar-refractivity contribution in [2.24, 2.45) is 0 Å². The van der Waals surface area contributed by atoms with Crippen LogP contribution in [0.25, 0.3) is 0 Å². The minimum atomic E-state index is -0.225. The number of fused-ring (bicyclic) bond motifs is 1. The Labute approximate surface area is 154 Å². The van der Waals surface area contributed by atoms with Gasteiger partial charge in [0.05, 0.1) is 0 Å². The summed E-state index contributed by atoms with van der Waals surface area (Å²) in [5.41, 5.74) is 3.87. The number of carbonyl (C=O) groups is 2. The lowest BCUT2D eigenvalue weighted by molar-refractivity contribution is -0.134. The van der Waals surface area contributed by atoms with Gasteiger partial charge in [-0.2, -0.15) is 0 Å². The summed E-state index contributed by atoms with van der Waals surface area (Å²) in [6.45, 7) is 3.02. The third-order valence-electron chi connectivity index (χ3n) is 6.09. The smallest absolute Gasteiger partial charge is 0.249 e. The molecule has 3 aliphatic heterocycles. The summed E-state index contributed by atoms with van der Waals surface area (Å²) in [5, 5.41) is 5.90. The predicted octanol–water partition coefficient (Wildman–Crippen LogP) is 1.43. The van der Waals surface area contributed by atoms with Crippen molar-refractivity contribution in [2.75, 3.05) is 36.5 Å². The molecule has 4 rings (SSSR count). The van der Waals surface area contributed by atoms with Crippen molar-refractivity contribution in [1.82, 2.24) is 10.6 Å². The van der Waals surface area contributed by atoms with E-state index in [9.17, 15) is 9.59 Å². The monoisotopic (exact) mass is 356 g/mol. The number of piperidine rings is 2. The molecule has 0 saturated carbocycles. The molecule has 1 unspecified atom stereocenters. The molecule has 3 aliphatic rings. The van der Waals surface area contributed by atoms with Crippen LogP contribution in [0.4, 0.5) is 11.4 Å². The number of benzene rings is 1. The summed E-state index contributed by atoms with van der Waals surface area (Å²) >= 11 is 0. The van der Waals surface area contributed by atoms with Gasteiger partial charge in [-0.15, -0.1) is 0 Å². The number of hydrogen-bond donors (Lipinski definition) is 2. The average molecular weight is 356 g/mol. The van der Waals surface area contributed by atoms with Crippen LogP contribution in [0.3, 0.4) is 0 Å². The summed E-state index contributed by atoms with van der Waals surface area (Å²) in [5.74, 6) is -0.293. The molecule has 1 aromatic carbocycles. The van der Waals surface area contributed by atoms with Gasteiger partial charge in [-0.3, -0.25) is 14.9 Å². The van der Waals surface area contributed by atoms with Crippen LogP contribution in [0.2, 0.25) is 0 Å². The van der Waals surface area contributed by atoms with E-state index in [-0.39, 0.29) is 17.9 Å². The van der Waals surface area contributed by atoms with Crippen LogP contribution in [0, 0.1) is 0 Å². The summed E-state index contributed by atoms with van der Waals surface area (Å²) < 4.78 is 0. The van der Waals surface area contributed by atoms with Gasteiger partial charge in [0.15, 0.2) is 0 Å². The van der Waals surface area contributed by atoms with Crippen molar-refractivity contribution in [3.63, 3.8) is 0 Å². The highest BCUT2D eigenvalue weighted by Crippen LogP contribution is 2.37. The van der Waals surface area contributed by atoms with Gasteiger partial charge in [0, 0.05) is 43.5 Å². The number of rotatable bonds is 3. The first-order valence-corrected chi connectivity index (χ1v) is 9.82. The number of amides is 2. The van der Waals surface area contributed by atoms with Gasteiger partial charge in [-0.05, 0) is 56.8 Å². The first-order chi connectivity index (χ1) is 12.7. The highest BCUT2D eigenvalue weighted by molar-refractivity contribution is 6.01. The highest BCUT2D eigenvalue weighted by atomic mass is 16.2. The summed E-state index contributed by atoms with van der Waals surface area (Å²) in [6.07, 6.45) is 5.48. The molecule has 2 N–H and O–H groups in total. The molecule has 1 atom stereocenters. The molecule has 1 aromatic rings. The van der Waals surface area contributed by atoms with E-state index in [2.05, 4.69) is 38.6 Å². The lowest BCUT2D eigenvalue weighted by Crippen LogP contribution is -2.54. The molecule has 140 valence electrons.